The fraction of sp³-hybridized carbons (Fsp3) is 0.179. The Hall–Kier alpha value is -4.81. The lowest BCUT2D eigenvalue weighted by Crippen LogP contribution is -2.18. The fourth-order valence-electron chi connectivity index (χ4n) is 4.31. The number of H-pyrrole nitrogens is 1. The van der Waals surface area contributed by atoms with Crippen LogP contribution in [0.15, 0.2) is 67.1 Å². The topological polar surface area (TPSA) is 108 Å². The number of nitrogens with one attached hydrogen (secondary N) is 3. The van der Waals surface area contributed by atoms with E-state index in [4.69, 9.17) is 4.98 Å². The van der Waals surface area contributed by atoms with Crippen molar-refractivity contribution in [2.75, 3.05) is 30.4 Å². The summed E-state index contributed by atoms with van der Waals surface area (Å²) in [6.45, 7) is 3.32. The Balaban J connectivity index is 1.19. The molecule has 37 heavy (non-hydrogen) atoms. The van der Waals surface area contributed by atoms with Gasteiger partial charge in [-0.2, -0.15) is 5.10 Å². The standard InChI is InChI=1S/C28H25N9/c1-29-12-13-30-24-6-4-20-17-37(18-22(20)15-24)28-32-11-9-26(35-28)27-31-10-8-23(34-27)5-2-19-3-7-25-21(14-19)16-33-36-25/h3-4,6-11,14-16,29-30H,12-13,17-18H2,1H3,(H,33,36). The summed E-state index contributed by atoms with van der Waals surface area (Å²) in [5.74, 6) is 7.50. The summed E-state index contributed by atoms with van der Waals surface area (Å²) >= 11 is 0. The van der Waals surface area contributed by atoms with Gasteiger partial charge in [-0.25, -0.2) is 19.9 Å². The molecular weight excluding hydrogens is 462 g/mol. The molecule has 0 radical (unpaired) electrons. The van der Waals surface area contributed by atoms with Crippen molar-refractivity contribution >= 4 is 22.5 Å². The molecule has 9 heteroatoms. The maximum atomic E-state index is 4.79. The van der Waals surface area contributed by atoms with Crippen LogP contribution in [0, 0.1) is 11.8 Å². The van der Waals surface area contributed by atoms with E-state index in [0.29, 0.717) is 23.2 Å². The lowest BCUT2D eigenvalue weighted by atomic mass is 10.1. The Bertz CT molecular complexity index is 1630. The summed E-state index contributed by atoms with van der Waals surface area (Å²) in [5.41, 5.74) is 6.87. The summed E-state index contributed by atoms with van der Waals surface area (Å²) in [6, 6.07) is 16.1. The van der Waals surface area contributed by atoms with Gasteiger partial charge in [-0.1, -0.05) is 12.0 Å². The predicted octanol–water partition coefficient (Wildman–Crippen LogP) is 3.36. The number of aromatic nitrogens is 6. The summed E-state index contributed by atoms with van der Waals surface area (Å²) in [4.78, 5) is 20.6. The maximum absolute atomic E-state index is 4.79. The second-order valence-electron chi connectivity index (χ2n) is 8.80. The third kappa shape index (κ3) is 4.96. The van der Waals surface area contributed by atoms with Crippen molar-refractivity contribution in [3.05, 3.63) is 89.5 Å². The third-order valence-corrected chi connectivity index (χ3v) is 6.22. The summed E-state index contributed by atoms with van der Waals surface area (Å²) in [5, 5.41) is 14.6. The molecule has 0 bridgehead atoms. The monoisotopic (exact) mass is 487 g/mol. The van der Waals surface area contributed by atoms with E-state index in [1.54, 1.807) is 24.7 Å². The zero-order chi connectivity index (χ0) is 25.0. The van der Waals surface area contributed by atoms with Crippen LogP contribution in [-0.2, 0) is 13.1 Å². The van der Waals surface area contributed by atoms with Gasteiger partial charge in [0.05, 0.1) is 11.7 Å². The van der Waals surface area contributed by atoms with Crippen LogP contribution in [0.2, 0.25) is 0 Å². The minimum atomic E-state index is 0.522. The van der Waals surface area contributed by atoms with E-state index in [0.717, 1.165) is 48.3 Å². The number of hydrogen-bond donors (Lipinski definition) is 3. The fourth-order valence-corrected chi connectivity index (χ4v) is 4.31. The van der Waals surface area contributed by atoms with E-state index in [-0.39, 0.29) is 0 Å². The van der Waals surface area contributed by atoms with Crippen molar-refractivity contribution in [1.82, 2.24) is 35.5 Å². The van der Waals surface area contributed by atoms with Crippen molar-refractivity contribution < 1.29 is 0 Å². The molecule has 0 spiro atoms. The minimum absolute atomic E-state index is 0.522. The highest BCUT2D eigenvalue weighted by Crippen LogP contribution is 2.29. The smallest absolute Gasteiger partial charge is 0.226 e. The third-order valence-electron chi connectivity index (χ3n) is 6.22. The van der Waals surface area contributed by atoms with E-state index < -0.39 is 0 Å². The van der Waals surface area contributed by atoms with Gasteiger partial charge in [0.1, 0.15) is 11.4 Å². The molecule has 4 heterocycles. The largest absolute Gasteiger partial charge is 0.384 e. The SMILES string of the molecule is CNCCNc1ccc2c(c1)CN(c1nccc(-c3nccc(C#Cc4ccc5[nH]ncc5c4)n3)n1)C2. The van der Waals surface area contributed by atoms with Gasteiger partial charge < -0.3 is 15.5 Å². The Morgan fingerprint density at radius 2 is 1.84 bits per heavy atom. The second-order valence-corrected chi connectivity index (χ2v) is 8.80. The van der Waals surface area contributed by atoms with Crippen molar-refractivity contribution in [2.45, 2.75) is 13.1 Å². The molecule has 182 valence electrons. The molecule has 0 unspecified atom stereocenters. The van der Waals surface area contributed by atoms with Crippen molar-refractivity contribution in [2.24, 2.45) is 0 Å². The molecule has 0 saturated carbocycles. The lowest BCUT2D eigenvalue weighted by molar-refractivity contribution is 0.823. The Morgan fingerprint density at radius 3 is 2.78 bits per heavy atom. The highest BCUT2D eigenvalue weighted by Gasteiger charge is 2.22. The lowest BCUT2D eigenvalue weighted by Gasteiger charge is -2.15. The van der Waals surface area contributed by atoms with Gasteiger partial charge in [0.2, 0.25) is 5.95 Å². The normalized spacial score (nSPS) is 12.3. The molecule has 1 aliphatic heterocycles. The van der Waals surface area contributed by atoms with Gasteiger partial charge in [-0.15, -0.1) is 0 Å². The number of nitrogens with zero attached hydrogens (tertiary/aromatic N) is 6. The molecule has 9 nitrogen and oxygen atoms in total. The zero-order valence-electron chi connectivity index (χ0n) is 20.4. The number of rotatable bonds is 6. The van der Waals surface area contributed by atoms with Crippen LogP contribution in [0.5, 0.6) is 0 Å². The average molecular weight is 488 g/mol. The van der Waals surface area contributed by atoms with Gasteiger partial charge in [0, 0.05) is 55.2 Å². The first-order valence-corrected chi connectivity index (χ1v) is 12.1. The summed E-state index contributed by atoms with van der Waals surface area (Å²) in [7, 11) is 1.95. The Morgan fingerprint density at radius 1 is 0.919 bits per heavy atom. The number of anilines is 2. The van der Waals surface area contributed by atoms with Gasteiger partial charge in [0.25, 0.3) is 0 Å². The molecule has 0 amide bonds. The van der Waals surface area contributed by atoms with Crippen molar-refractivity contribution in [3.63, 3.8) is 0 Å². The van der Waals surface area contributed by atoms with E-state index in [2.05, 4.69) is 70.7 Å². The van der Waals surface area contributed by atoms with E-state index >= 15 is 0 Å². The first-order valence-electron chi connectivity index (χ1n) is 12.1. The first kappa shape index (κ1) is 22.6. The Labute approximate surface area is 214 Å². The molecule has 3 aromatic heterocycles. The van der Waals surface area contributed by atoms with Crippen LogP contribution >= 0.6 is 0 Å². The molecule has 0 atom stereocenters. The van der Waals surface area contributed by atoms with Crippen LogP contribution in [0.1, 0.15) is 22.4 Å². The average Bonchev–Trinajstić information content (AvgIpc) is 3.59. The molecule has 3 N–H and O–H groups in total. The molecule has 0 saturated heterocycles. The van der Waals surface area contributed by atoms with Crippen LogP contribution in [-0.4, -0.2) is 50.3 Å². The van der Waals surface area contributed by atoms with Gasteiger partial charge in [-0.3, -0.25) is 5.10 Å². The highest BCUT2D eigenvalue weighted by atomic mass is 15.3. The Kier molecular flexibility index (Phi) is 6.15. The van der Waals surface area contributed by atoms with Crippen LogP contribution in [0.4, 0.5) is 11.6 Å². The molecule has 2 aromatic carbocycles. The van der Waals surface area contributed by atoms with E-state index in [1.807, 2.05) is 31.3 Å². The van der Waals surface area contributed by atoms with Gasteiger partial charge in [0.15, 0.2) is 5.82 Å². The maximum Gasteiger partial charge on any atom is 0.226 e. The van der Waals surface area contributed by atoms with Crippen LogP contribution < -0.4 is 15.5 Å². The number of benzene rings is 2. The summed E-state index contributed by atoms with van der Waals surface area (Å²) in [6.07, 6.45) is 5.25. The molecule has 6 rings (SSSR count). The quantitative estimate of drug-likeness (QED) is 0.247. The molecule has 0 aliphatic carbocycles. The predicted molar refractivity (Wildman–Crippen MR) is 144 cm³/mol. The molecule has 1 aliphatic rings. The van der Waals surface area contributed by atoms with Crippen molar-refractivity contribution in [1.29, 1.82) is 0 Å². The van der Waals surface area contributed by atoms with Crippen LogP contribution in [0.3, 0.4) is 0 Å². The van der Waals surface area contributed by atoms with Gasteiger partial charge in [-0.05, 0) is 66.6 Å². The first-order chi connectivity index (χ1) is 18.2. The molecular formula is C28H25N9. The summed E-state index contributed by atoms with van der Waals surface area (Å²) < 4.78 is 0. The number of aromatic amines is 1. The molecule has 0 fully saturated rings. The van der Waals surface area contributed by atoms with Crippen molar-refractivity contribution in [3.8, 4) is 23.4 Å². The minimum Gasteiger partial charge on any atom is -0.384 e. The zero-order valence-corrected chi connectivity index (χ0v) is 20.4. The highest BCUT2D eigenvalue weighted by molar-refractivity contribution is 5.79. The number of hydrogen-bond acceptors (Lipinski definition) is 8. The van der Waals surface area contributed by atoms with E-state index in [1.165, 1.54) is 11.1 Å². The second kappa shape index (κ2) is 10.0. The van der Waals surface area contributed by atoms with Crippen LogP contribution in [0.25, 0.3) is 22.4 Å². The van der Waals surface area contributed by atoms with E-state index in [9.17, 15) is 0 Å². The number of fused-ring (bicyclic) bond motifs is 2. The molecule has 5 aromatic rings. The van der Waals surface area contributed by atoms with Gasteiger partial charge >= 0.3 is 0 Å². The number of likely N-dealkylation sites (N-methyl/N-ethyl adjacent to an activating group) is 1.